The molecule has 0 spiro atoms. The summed E-state index contributed by atoms with van der Waals surface area (Å²) in [5.41, 5.74) is 3.48. The molecular formula is C6H7F2N3O3S. The number of halogens is 2. The highest BCUT2D eigenvalue weighted by Crippen LogP contribution is 2.32. The second-order valence-electron chi connectivity index (χ2n) is 2.63. The van der Waals surface area contributed by atoms with Crippen LogP contribution in [0, 0.1) is 0 Å². The van der Waals surface area contributed by atoms with Crippen LogP contribution in [-0.2, 0) is 10.0 Å². The Balaban J connectivity index is 3.50. The van der Waals surface area contributed by atoms with Crippen LogP contribution in [0.15, 0.2) is 11.1 Å². The normalized spacial score (nSPS) is 12.0. The number of hydrogen-bond donors (Lipinski definition) is 3. The molecule has 84 valence electrons. The number of anilines is 1. The summed E-state index contributed by atoms with van der Waals surface area (Å²) in [5, 5.41) is 12.9. The van der Waals surface area contributed by atoms with Gasteiger partial charge in [-0.05, 0) is 0 Å². The van der Waals surface area contributed by atoms with Gasteiger partial charge in [0.05, 0.1) is 5.69 Å². The topological polar surface area (TPSA) is 119 Å². The Morgan fingerprint density at radius 2 is 2.00 bits per heavy atom. The van der Waals surface area contributed by atoms with Crippen LogP contribution in [-0.4, -0.2) is 18.5 Å². The van der Waals surface area contributed by atoms with E-state index in [1.807, 2.05) is 0 Å². The Hall–Kier alpha value is -1.48. The standard InChI is InChI=1S/C6H7F2N3O3S/c7-6(8)4-5(12)2(9)1-3(11-4)15(10,13)14/h1,6,12H,(H2,9,11)(H2,10,13,14). The maximum Gasteiger partial charge on any atom is 0.284 e. The first-order chi connectivity index (χ1) is 6.73. The van der Waals surface area contributed by atoms with E-state index in [4.69, 9.17) is 10.8 Å². The van der Waals surface area contributed by atoms with Crippen molar-refractivity contribution >= 4 is 15.7 Å². The van der Waals surface area contributed by atoms with Crippen molar-refractivity contribution in [2.75, 3.05) is 5.73 Å². The van der Waals surface area contributed by atoms with Gasteiger partial charge in [0.15, 0.2) is 16.5 Å². The van der Waals surface area contributed by atoms with E-state index in [2.05, 4.69) is 10.1 Å². The molecule has 1 heterocycles. The number of aromatic hydroxyl groups is 1. The van der Waals surface area contributed by atoms with Crippen molar-refractivity contribution in [3.05, 3.63) is 11.8 Å². The molecule has 0 atom stereocenters. The van der Waals surface area contributed by atoms with Crippen molar-refractivity contribution in [1.29, 1.82) is 0 Å². The van der Waals surface area contributed by atoms with Crippen LogP contribution in [0.1, 0.15) is 12.1 Å². The predicted molar refractivity (Wildman–Crippen MR) is 46.6 cm³/mol. The summed E-state index contributed by atoms with van der Waals surface area (Å²) in [7, 11) is -4.23. The molecule has 0 amide bonds. The van der Waals surface area contributed by atoms with Crippen molar-refractivity contribution in [2.24, 2.45) is 5.14 Å². The van der Waals surface area contributed by atoms with Gasteiger partial charge in [-0.3, -0.25) is 0 Å². The first kappa shape index (κ1) is 11.6. The van der Waals surface area contributed by atoms with E-state index in [9.17, 15) is 17.2 Å². The minimum absolute atomic E-state index is 0.524. The van der Waals surface area contributed by atoms with E-state index >= 15 is 0 Å². The number of nitrogens with zero attached hydrogens (tertiary/aromatic N) is 1. The number of hydrogen-bond acceptors (Lipinski definition) is 5. The van der Waals surface area contributed by atoms with Crippen LogP contribution < -0.4 is 10.9 Å². The number of pyridine rings is 1. The van der Waals surface area contributed by atoms with Gasteiger partial charge in [-0.1, -0.05) is 0 Å². The Labute approximate surface area is 83.6 Å². The molecule has 0 unspecified atom stereocenters. The summed E-state index contributed by atoms with van der Waals surface area (Å²) in [6.45, 7) is 0. The lowest BCUT2D eigenvalue weighted by molar-refractivity contribution is 0.141. The van der Waals surface area contributed by atoms with Gasteiger partial charge in [0, 0.05) is 6.07 Å². The average molecular weight is 239 g/mol. The predicted octanol–water partition coefficient (Wildman–Crippen LogP) is -0.0456. The van der Waals surface area contributed by atoms with Crippen LogP contribution in [0.25, 0.3) is 0 Å². The third-order valence-electron chi connectivity index (χ3n) is 1.52. The van der Waals surface area contributed by atoms with E-state index in [0.29, 0.717) is 6.07 Å². The van der Waals surface area contributed by atoms with Crippen molar-refractivity contribution in [2.45, 2.75) is 11.5 Å². The second kappa shape index (κ2) is 3.59. The van der Waals surface area contributed by atoms with Gasteiger partial charge in [0.1, 0.15) is 0 Å². The van der Waals surface area contributed by atoms with Gasteiger partial charge in [0.25, 0.3) is 16.4 Å². The van der Waals surface area contributed by atoms with E-state index in [-0.39, 0.29) is 0 Å². The molecule has 0 aliphatic rings. The third kappa shape index (κ3) is 2.30. The molecule has 0 bridgehead atoms. The smallest absolute Gasteiger partial charge is 0.284 e. The first-order valence-electron chi connectivity index (χ1n) is 3.54. The SMILES string of the molecule is Nc1cc(S(N)(=O)=O)nc(C(F)F)c1O. The minimum Gasteiger partial charge on any atom is -0.504 e. The molecule has 15 heavy (non-hydrogen) atoms. The highest BCUT2D eigenvalue weighted by Gasteiger charge is 2.22. The summed E-state index contributed by atoms with van der Waals surface area (Å²) >= 11 is 0. The fourth-order valence-electron chi connectivity index (χ4n) is 0.851. The zero-order chi connectivity index (χ0) is 11.8. The molecule has 0 fully saturated rings. The van der Waals surface area contributed by atoms with Crippen molar-refractivity contribution in [3.63, 3.8) is 0 Å². The minimum atomic E-state index is -4.23. The van der Waals surface area contributed by atoms with Crippen LogP contribution in [0.5, 0.6) is 5.75 Å². The number of rotatable bonds is 2. The maximum atomic E-state index is 12.3. The van der Waals surface area contributed by atoms with Gasteiger partial charge in [0.2, 0.25) is 0 Å². The molecule has 1 aromatic rings. The van der Waals surface area contributed by atoms with Crippen molar-refractivity contribution in [3.8, 4) is 5.75 Å². The van der Waals surface area contributed by atoms with Crippen LogP contribution in [0.3, 0.4) is 0 Å². The monoisotopic (exact) mass is 239 g/mol. The number of alkyl halides is 2. The average Bonchev–Trinajstić information content (AvgIpc) is 2.06. The van der Waals surface area contributed by atoms with Gasteiger partial charge < -0.3 is 10.8 Å². The van der Waals surface area contributed by atoms with E-state index in [1.165, 1.54) is 0 Å². The number of nitrogen functional groups attached to an aromatic ring is 1. The van der Waals surface area contributed by atoms with Crippen LogP contribution in [0.4, 0.5) is 14.5 Å². The molecular weight excluding hydrogens is 232 g/mol. The molecule has 0 aliphatic heterocycles. The molecule has 9 heteroatoms. The number of nitrogens with two attached hydrogens (primary N) is 2. The highest BCUT2D eigenvalue weighted by molar-refractivity contribution is 7.89. The van der Waals surface area contributed by atoms with E-state index in [0.717, 1.165) is 0 Å². The summed E-state index contributed by atoms with van der Waals surface area (Å²) < 4.78 is 46.1. The van der Waals surface area contributed by atoms with E-state index in [1.54, 1.807) is 0 Å². The fraction of sp³-hybridized carbons (Fsp3) is 0.167. The lowest BCUT2D eigenvalue weighted by Crippen LogP contribution is -2.15. The number of sulfonamides is 1. The van der Waals surface area contributed by atoms with Gasteiger partial charge >= 0.3 is 0 Å². The Bertz CT molecular complexity index is 489. The van der Waals surface area contributed by atoms with Gasteiger partial charge in [-0.15, -0.1) is 0 Å². The summed E-state index contributed by atoms with van der Waals surface area (Å²) in [5.74, 6) is -0.947. The zero-order valence-electron chi connectivity index (χ0n) is 7.18. The summed E-state index contributed by atoms with van der Waals surface area (Å²) in [6.07, 6.45) is -3.14. The lowest BCUT2D eigenvalue weighted by Gasteiger charge is -2.07. The Kier molecular flexibility index (Phi) is 2.77. The molecule has 0 saturated carbocycles. The maximum absolute atomic E-state index is 12.3. The van der Waals surface area contributed by atoms with Gasteiger partial charge in [-0.25, -0.2) is 27.3 Å². The molecule has 0 radical (unpaired) electrons. The molecule has 5 N–H and O–H groups in total. The lowest BCUT2D eigenvalue weighted by atomic mass is 10.3. The zero-order valence-corrected chi connectivity index (χ0v) is 8.00. The van der Waals surface area contributed by atoms with Crippen molar-refractivity contribution < 1.29 is 22.3 Å². The van der Waals surface area contributed by atoms with Crippen LogP contribution in [0.2, 0.25) is 0 Å². The van der Waals surface area contributed by atoms with Crippen LogP contribution >= 0.6 is 0 Å². The quantitative estimate of drug-likeness (QED) is 0.668. The summed E-state index contributed by atoms with van der Waals surface area (Å²) in [6, 6.07) is 0.705. The molecule has 0 saturated heterocycles. The second-order valence-corrected chi connectivity index (χ2v) is 4.14. The first-order valence-corrected chi connectivity index (χ1v) is 5.08. The number of primary sulfonamides is 1. The molecule has 0 aliphatic carbocycles. The molecule has 6 nitrogen and oxygen atoms in total. The Morgan fingerprint density at radius 3 is 2.40 bits per heavy atom. The fourth-order valence-corrected chi connectivity index (χ4v) is 1.37. The van der Waals surface area contributed by atoms with Crippen molar-refractivity contribution in [1.82, 2.24) is 4.98 Å². The number of aromatic nitrogens is 1. The molecule has 0 aromatic carbocycles. The van der Waals surface area contributed by atoms with Gasteiger partial charge in [-0.2, -0.15) is 0 Å². The third-order valence-corrected chi connectivity index (χ3v) is 2.32. The Morgan fingerprint density at radius 1 is 1.47 bits per heavy atom. The molecule has 1 aromatic heterocycles. The largest absolute Gasteiger partial charge is 0.504 e. The highest BCUT2D eigenvalue weighted by atomic mass is 32.2. The molecule has 1 rings (SSSR count). The van der Waals surface area contributed by atoms with E-state index < -0.39 is 38.6 Å². The summed E-state index contributed by atoms with van der Waals surface area (Å²) in [4.78, 5) is 3.01.